The first-order chi connectivity index (χ1) is 6.59. The summed E-state index contributed by atoms with van der Waals surface area (Å²) in [5, 5.41) is 0.592. The molecule has 1 amide bonds. The highest BCUT2D eigenvalue weighted by Crippen LogP contribution is 2.15. The number of aryl methyl sites for hydroxylation is 1. The summed E-state index contributed by atoms with van der Waals surface area (Å²) in [5.74, 6) is -0.526. The molecule has 0 aliphatic rings. The second kappa shape index (κ2) is 2.99. The molecule has 0 spiro atoms. The Bertz CT molecular complexity index is 518. The minimum absolute atomic E-state index is 0.285. The highest BCUT2D eigenvalue weighted by Gasteiger charge is 2.12. The molecule has 5 heteroatoms. The zero-order valence-corrected chi connectivity index (χ0v) is 8.25. The summed E-state index contributed by atoms with van der Waals surface area (Å²) in [6.45, 7) is 1.77. The Balaban J connectivity index is 2.80. The summed E-state index contributed by atoms with van der Waals surface area (Å²) in [6, 6.07) is 3.45. The van der Waals surface area contributed by atoms with E-state index in [4.69, 9.17) is 17.3 Å². The number of nitrogens with two attached hydrogens (primary N) is 1. The molecule has 2 N–H and O–H groups in total. The number of pyridine rings is 1. The van der Waals surface area contributed by atoms with Crippen molar-refractivity contribution in [3.8, 4) is 0 Å². The molecule has 0 bridgehead atoms. The molecular weight excluding hydrogens is 202 g/mol. The van der Waals surface area contributed by atoms with Crippen LogP contribution in [0.15, 0.2) is 18.3 Å². The Hall–Kier alpha value is -1.55. The molecule has 2 aromatic heterocycles. The Kier molecular flexibility index (Phi) is 1.93. The largest absolute Gasteiger partial charge is 0.364 e. The van der Waals surface area contributed by atoms with E-state index in [1.807, 2.05) is 0 Å². The lowest BCUT2D eigenvalue weighted by atomic mass is 10.3. The van der Waals surface area contributed by atoms with Crippen LogP contribution < -0.4 is 5.73 Å². The van der Waals surface area contributed by atoms with E-state index in [-0.39, 0.29) is 5.69 Å². The van der Waals surface area contributed by atoms with Crippen molar-refractivity contribution in [3.05, 3.63) is 34.7 Å². The number of hydrogen-bond donors (Lipinski definition) is 1. The molecule has 0 radical (unpaired) electrons. The number of primary amides is 1. The van der Waals surface area contributed by atoms with Crippen LogP contribution in [-0.2, 0) is 0 Å². The number of carbonyl (C=O) groups is 1. The lowest BCUT2D eigenvalue weighted by Crippen LogP contribution is -2.12. The number of amides is 1. The van der Waals surface area contributed by atoms with Gasteiger partial charge in [-0.3, -0.25) is 4.79 Å². The number of carbonyl (C=O) groups excluding carboxylic acids is 1. The van der Waals surface area contributed by atoms with Crippen molar-refractivity contribution >= 4 is 23.2 Å². The van der Waals surface area contributed by atoms with Crippen molar-refractivity contribution in [2.75, 3.05) is 0 Å². The fourth-order valence-electron chi connectivity index (χ4n) is 1.37. The first kappa shape index (κ1) is 9.02. The monoisotopic (exact) mass is 209 g/mol. The van der Waals surface area contributed by atoms with E-state index in [0.717, 1.165) is 0 Å². The first-order valence-corrected chi connectivity index (χ1v) is 4.41. The predicted molar refractivity (Wildman–Crippen MR) is 53.5 cm³/mol. The number of hydrogen-bond acceptors (Lipinski definition) is 2. The van der Waals surface area contributed by atoms with Crippen molar-refractivity contribution in [1.82, 2.24) is 9.38 Å². The zero-order chi connectivity index (χ0) is 10.3. The summed E-state index contributed by atoms with van der Waals surface area (Å²) in [6.07, 6.45) is 1.70. The average Bonchev–Trinajstić information content (AvgIpc) is 2.44. The smallest absolute Gasteiger partial charge is 0.269 e. The fraction of sp³-hybridized carbons (Fsp3) is 0.111. The van der Waals surface area contributed by atoms with Gasteiger partial charge in [0.05, 0.1) is 10.7 Å². The average molecular weight is 210 g/mol. The number of nitrogens with zero attached hydrogens (tertiary/aromatic N) is 2. The third kappa shape index (κ3) is 1.24. The maximum absolute atomic E-state index is 11.0. The summed E-state index contributed by atoms with van der Waals surface area (Å²) in [5.41, 5.74) is 6.82. The lowest BCUT2D eigenvalue weighted by Gasteiger charge is -1.96. The minimum atomic E-state index is -0.526. The van der Waals surface area contributed by atoms with Crippen molar-refractivity contribution in [2.45, 2.75) is 6.92 Å². The molecule has 2 heterocycles. The molecular formula is C9H8ClN3O. The van der Waals surface area contributed by atoms with Crippen molar-refractivity contribution in [2.24, 2.45) is 5.73 Å². The summed E-state index contributed by atoms with van der Waals surface area (Å²) in [7, 11) is 0. The number of imidazole rings is 1. The van der Waals surface area contributed by atoms with Crippen LogP contribution >= 0.6 is 11.6 Å². The molecule has 2 rings (SSSR count). The maximum atomic E-state index is 11.0. The van der Waals surface area contributed by atoms with Gasteiger partial charge in [-0.15, -0.1) is 0 Å². The molecule has 0 aliphatic heterocycles. The van der Waals surface area contributed by atoms with Crippen LogP contribution in [0.3, 0.4) is 0 Å². The van der Waals surface area contributed by atoms with Gasteiger partial charge in [-0.05, 0) is 19.1 Å². The zero-order valence-electron chi connectivity index (χ0n) is 7.49. The Labute approximate surface area is 85.3 Å². The van der Waals surface area contributed by atoms with Crippen LogP contribution in [-0.4, -0.2) is 15.3 Å². The lowest BCUT2D eigenvalue weighted by molar-refractivity contribution is 0.0995. The third-order valence-electron chi connectivity index (χ3n) is 2.05. The van der Waals surface area contributed by atoms with E-state index in [9.17, 15) is 4.79 Å². The molecule has 72 valence electrons. The van der Waals surface area contributed by atoms with Gasteiger partial charge in [-0.1, -0.05) is 11.6 Å². The van der Waals surface area contributed by atoms with Crippen molar-refractivity contribution in [3.63, 3.8) is 0 Å². The minimum Gasteiger partial charge on any atom is -0.364 e. The molecule has 0 aliphatic carbocycles. The Morgan fingerprint density at radius 3 is 2.93 bits per heavy atom. The van der Waals surface area contributed by atoms with Crippen LogP contribution in [0, 0.1) is 6.92 Å². The molecule has 2 aromatic rings. The van der Waals surface area contributed by atoms with Gasteiger partial charge in [0.1, 0.15) is 11.3 Å². The molecule has 0 saturated carbocycles. The number of halogens is 1. The van der Waals surface area contributed by atoms with Gasteiger partial charge in [-0.2, -0.15) is 0 Å². The second-order valence-corrected chi connectivity index (χ2v) is 3.42. The van der Waals surface area contributed by atoms with E-state index >= 15 is 0 Å². The SMILES string of the molecule is Cc1c(C(N)=O)nc2ccc(Cl)cn12. The van der Waals surface area contributed by atoms with Crippen LogP contribution in [0.5, 0.6) is 0 Å². The van der Waals surface area contributed by atoms with Gasteiger partial charge < -0.3 is 10.1 Å². The first-order valence-electron chi connectivity index (χ1n) is 4.03. The molecule has 0 fully saturated rings. The molecule has 0 aromatic carbocycles. The van der Waals surface area contributed by atoms with Gasteiger partial charge in [0.2, 0.25) is 0 Å². The van der Waals surface area contributed by atoms with E-state index in [1.165, 1.54) is 0 Å². The van der Waals surface area contributed by atoms with Crippen LogP contribution in [0.2, 0.25) is 5.02 Å². The second-order valence-electron chi connectivity index (χ2n) is 2.99. The predicted octanol–water partition coefficient (Wildman–Crippen LogP) is 1.40. The third-order valence-corrected chi connectivity index (χ3v) is 2.28. The summed E-state index contributed by atoms with van der Waals surface area (Å²) >= 11 is 5.81. The van der Waals surface area contributed by atoms with E-state index < -0.39 is 5.91 Å². The quantitative estimate of drug-likeness (QED) is 0.772. The topological polar surface area (TPSA) is 60.4 Å². The van der Waals surface area contributed by atoms with Crippen molar-refractivity contribution < 1.29 is 4.79 Å². The van der Waals surface area contributed by atoms with Crippen LogP contribution in [0.1, 0.15) is 16.2 Å². The molecule has 0 saturated heterocycles. The normalized spacial score (nSPS) is 10.7. The van der Waals surface area contributed by atoms with Gasteiger partial charge in [-0.25, -0.2) is 4.98 Å². The van der Waals surface area contributed by atoms with Gasteiger partial charge in [0.15, 0.2) is 0 Å². The molecule has 0 atom stereocenters. The van der Waals surface area contributed by atoms with E-state index in [1.54, 1.807) is 29.7 Å². The van der Waals surface area contributed by atoms with Crippen LogP contribution in [0.4, 0.5) is 0 Å². The van der Waals surface area contributed by atoms with Crippen LogP contribution in [0.25, 0.3) is 5.65 Å². The van der Waals surface area contributed by atoms with E-state index in [0.29, 0.717) is 16.4 Å². The highest BCUT2D eigenvalue weighted by molar-refractivity contribution is 6.30. The van der Waals surface area contributed by atoms with Crippen molar-refractivity contribution in [1.29, 1.82) is 0 Å². The number of fused-ring (bicyclic) bond motifs is 1. The highest BCUT2D eigenvalue weighted by atomic mass is 35.5. The standard InChI is InChI=1S/C9H8ClN3O/c1-5-8(9(11)14)12-7-3-2-6(10)4-13(5)7/h2-4H,1H3,(H2,11,14). The summed E-state index contributed by atoms with van der Waals surface area (Å²) in [4.78, 5) is 15.1. The van der Waals surface area contributed by atoms with Gasteiger partial charge >= 0.3 is 0 Å². The summed E-state index contributed by atoms with van der Waals surface area (Å²) < 4.78 is 1.74. The van der Waals surface area contributed by atoms with Gasteiger partial charge in [0, 0.05) is 6.20 Å². The fourth-order valence-corrected chi connectivity index (χ4v) is 1.53. The molecule has 14 heavy (non-hydrogen) atoms. The molecule has 4 nitrogen and oxygen atoms in total. The Morgan fingerprint density at radius 2 is 2.29 bits per heavy atom. The Morgan fingerprint density at radius 1 is 1.57 bits per heavy atom. The van der Waals surface area contributed by atoms with E-state index in [2.05, 4.69) is 4.98 Å². The number of rotatable bonds is 1. The molecule has 0 unspecified atom stereocenters. The maximum Gasteiger partial charge on any atom is 0.269 e. The van der Waals surface area contributed by atoms with Gasteiger partial charge in [0.25, 0.3) is 5.91 Å². The number of aromatic nitrogens is 2.